The van der Waals surface area contributed by atoms with Crippen LogP contribution in [-0.2, 0) is 0 Å². The van der Waals surface area contributed by atoms with Gasteiger partial charge in [-0.2, -0.15) is 4.91 Å². The fourth-order valence-corrected chi connectivity index (χ4v) is 5.65. The first kappa shape index (κ1) is 15.4. The molecule has 1 saturated heterocycles. The number of nitroso groups, excluding NO2 is 1. The van der Waals surface area contributed by atoms with Gasteiger partial charge in [-0.3, -0.25) is 0 Å². The molecule has 1 fully saturated rings. The van der Waals surface area contributed by atoms with Crippen molar-refractivity contribution in [1.82, 2.24) is 9.55 Å². The number of hydrogen-bond acceptors (Lipinski definition) is 5. The van der Waals surface area contributed by atoms with Crippen molar-refractivity contribution in [3.8, 4) is 0 Å². The zero-order chi connectivity index (χ0) is 15.5. The summed E-state index contributed by atoms with van der Waals surface area (Å²) in [6.07, 6.45) is 5.30. The smallest absolute Gasteiger partial charge is 0.123 e. The highest BCUT2D eigenvalue weighted by atomic mass is 32.2. The lowest BCUT2D eigenvalue weighted by Crippen LogP contribution is -1.99. The fraction of sp³-hybridized carbons (Fsp3) is 0.312. The lowest BCUT2D eigenvalue weighted by molar-refractivity contribution is 1.02. The minimum atomic E-state index is 0.172. The van der Waals surface area contributed by atoms with Crippen LogP contribution in [0.25, 0.3) is 5.70 Å². The second-order valence-electron chi connectivity index (χ2n) is 5.27. The van der Waals surface area contributed by atoms with E-state index < -0.39 is 0 Å². The second-order valence-corrected chi connectivity index (χ2v) is 7.77. The molecule has 6 heteroatoms. The van der Waals surface area contributed by atoms with Gasteiger partial charge in [0, 0.05) is 23.4 Å². The van der Waals surface area contributed by atoms with E-state index in [-0.39, 0.29) is 6.54 Å². The molecule has 0 N–H and O–H groups in total. The van der Waals surface area contributed by atoms with Crippen molar-refractivity contribution < 1.29 is 0 Å². The Morgan fingerprint density at radius 1 is 1.45 bits per heavy atom. The number of aromatic nitrogens is 2. The predicted molar refractivity (Wildman–Crippen MR) is 94.8 cm³/mol. The molecular weight excluding hydrogens is 314 g/mol. The SMILES string of the molecule is Cc1ccc(C2CS/C(=C(/CN=O)n3ccnc3)S2)c(C)c1. The summed E-state index contributed by atoms with van der Waals surface area (Å²) in [5.41, 5.74) is 4.92. The van der Waals surface area contributed by atoms with Crippen LogP contribution < -0.4 is 0 Å². The molecule has 1 unspecified atom stereocenters. The molecule has 1 aliphatic rings. The third kappa shape index (κ3) is 3.13. The molecule has 0 saturated carbocycles. The first-order valence-corrected chi connectivity index (χ1v) is 8.92. The summed E-state index contributed by atoms with van der Waals surface area (Å²) in [4.78, 5) is 14.8. The summed E-state index contributed by atoms with van der Waals surface area (Å²) < 4.78 is 3.06. The second kappa shape index (κ2) is 6.71. The van der Waals surface area contributed by atoms with Crippen LogP contribution >= 0.6 is 23.5 Å². The molecule has 0 aliphatic carbocycles. The first-order valence-electron chi connectivity index (χ1n) is 7.06. The molecule has 2 heterocycles. The van der Waals surface area contributed by atoms with Gasteiger partial charge in [-0.25, -0.2) is 4.98 Å². The highest BCUT2D eigenvalue weighted by Gasteiger charge is 2.27. The number of benzene rings is 1. The first-order chi connectivity index (χ1) is 10.7. The standard InChI is InChI=1S/C16H17N3OS2/c1-11-3-4-13(12(2)7-11)15-9-21-16(22-15)14(8-18-20)19-6-5-17-10-19/h3-7,10,15H,8-9H2,1-2H3/b16-14+. The van der Waals surface area contributed by atoms with E-state index >= 15 is 0 Å². The number of rotatable bonds is 4. The molecular formula is C16H17N3OS2. The largest absolute Gasteiger partial charge is 0.306 e. The van der Waals surface area contributed by atoms with Crippen LogP contribution in [0.3, 0.4) is 0 Å². The van der Waals surface area contributed by atoms with Gasteiger partial charge in [-0.1, -0.05) is 28.9 Å². The van der Waals surface area contributed by atoms with Crippen LogP contribution in [0, 0.1) is 18.8 Å². The molecule has 0 bridgehead atoms. The van der Waals surface area contributed by atoms with E-state index in [0.29, 0.717) is 5.25 Å². The Labute approximate surface area is 138 Å². The molecule has 1 aliphatic heterocycles. The van der Waals surface area contributed by atoms with Crippen LogP contribution in [0.4, 0.5) is 0 Å². The Hall–Kier alpha value is -1.53. The molecule has 2 aromatic rings. The molecule has 22 heavy (non-hydrogen) atoms. The Morgan fingerprint density at radius 3 is 3.00 bits per heavy atom. The maximum Gasteiger partial charge on any atom is 0.123 e. The van der Waals surface area contributed by atoms with Gasteiger partial charge in [0.1, 0.15) is 6.54 Å². The van der Waals surface area contributed by atoms with E-state index in [1.165, 1.54) is 20.9 Å². The van der Waals surface area contributed by atoms with Gasteiger partial charge in [-0.05, 0) is 25.0 Å². The average molecular weight is 331 g/mol. The quantitative estimate of drug-likeness (QED) is 0.767. The van der Waals surface area contributed by atoms with Crippen molar-refractivity contribution in [1.29, 1.82) is 0 Å². The van der Waals surface area contributed by atoms with Crippen molar-refractivity contribution >= 4 is 29.2 Å². The summed E-state index contributed by atoms with van der Waals surface area (Å²) in [7, 11) is 0. The van der Waals surface area contributed by atoms with Gasteiger partial charge in [0.2, 0.25) is 0 Å². The van der Waals surface area contributed by atoms with Crippen LogP contribution in [0.1, 0.15) is 21.9 Å². The van der Waals surface area contributed by atoms with Crippen LogP contribution in [0.15, 0.2) is 46.3 Å². The Kier molecular flexibility index (Phi) is 4.69. The fourth-order valence-electron chi connectivity index (χ4n) is 2.57. The number of imidazole rings is 1. The third-order valence-corrected chi connectivity index (χ3v) is 6.66. The topological polar surface area (TPSA) is 47.2 Å². The van der Waals surface area contributed by atoms with Crippen molar-refractivity contribution in [2.24, 2.45) is 5.18 Å². The number of hydrogen-bond donors (Lipinski definition) is 0. The van der Waals surface area contributed by atoms with Crippen molar-refractivity contribution in [2.75, 3.05) is 12.3 Å². The van der Waals surface area contributed by atoms with E-state index in [0.717, 1.165) is 11.4 Å². The lowest BCUT2D eigenvalue weighted by Gasteiger charge is -2.13. The normalized spacial score (nSPS) is 20.2. The lowest BCUT2D eigenvalue weighted by atomic mass is 10.0. The van der Waals surface area contributed by atoms with E-state index in [9.17, 15) is 4.91 Å². The molecule has 1 aromatic heterocycles. The summed E-state index contributed by atoms with van der Waals surface area (Å²) in [5, 5.41) is 3.50. The molecule has 4 nitrogen and oxygen atoms in total. The molecule has 114 valence electrons. The van der Waals surface area contributed by atoms with Gasteiger partial charge in [0.15, 0.2) is 0 Å². The molecule has 0 radical (unpaired) electrons. The number of thioether (sulfide) groups is 2. The summed E-state index contributed by atoms with van der Waals surface area (Å²) in [6.45, 7) is 4.45. The van der Waals surface area contributed by atoms with Gasteiger partial charge >= 0.3 is 0 Å². The zero-order valence-electron chi connectivity index (χ0n) is 12.5. The summed E-state index contributed by atoms with van der Waals surface area (Å²) >= 11 is 3.62. The van der Waals surface area contributed by atoms with E-state index in [1.54, 1.807) is 24.3 Å². The highest BCUT2D eigenvalue weighted by molar-refractivity contribution is 8.25. The monoisotopic (exact) mass is 331 g/mol. The van der Waals surface area contributed by atoms with Gasteiger partial charge in [0.25, 0.3) is 0 Å². The molecule has 1 aromatic carbocycles. The number of aryl methyl sites for hydroxylation is 2. The van der Waals surface area contributed by atoms with Crippen molar-refractivity contribution in [3.63, 3.8) is 0 Å². The molecule has 0 amide bonds. The minimum Gasteiger partial charge on any atom is -0.306 e. The van der Waals surface area contributed by atoms with E-state index in [4.69, 9.17) is 0 Å². The maximum atomic E-state index is 10.8. The van der Waals surface area contributed by atoms with Crippen LogP contribution in [0.2, 0.25) is 0 Å². The average Bonchev–Trinajstić information content (AvgIpc) is 3.16. The van der Waals surface area contributed by atoms with E-state index in [2.05, 4.69) is 42.2 Å². The van der Waals surface area contributed by atoms with Gasteiger partial charge in [-0.15, -0.1) is 23.5 Å². The van der Waals surface area contributed by atoms with E-state index in [1.807, 2.05) is 22.5 Å². The molecule has 3 rings (SSSR count). The Bertz CT molecular complexity index is 710. The molecule has 0 spiro atoms. The van der Waals surface area contributed by atoms with Crippen LogP contribution in [-0.4, -0.2) is 21.8 Å². The predicted octanol–water partition coefficient (Wildman–Crippen LogP) is 4.61. The Balaban J connectivity index is 1.89. The zero-order valence-corrected chi connectivity index (χ0v) is 14.2. The van der Waals surface area contributed by atoms with Crippen molar-refractivity contribution in [3.05, 3.63) is 62.8 Å². The highest BCUT2D eigenvalue weighted by Crippen LogP contribution is 2.52. The summed E-state index contributed by atoms with van der Waals surface area (Å²) in [5.74, 6) is 1.01. The van der Waals surface area contributed by atoms with Crippen LogP contribution in [0.5, 0.6) is 0 Å². The third-order valence-electron chi connectivity index (χ3n) is 3.65. The number of nitrogens with zero attached hydrogens (tertiary/aromatic N) is 3. The minimum absolute atomic E-state index is 0.172. The van der Waals surface area contributed by atoms with Crippen molar-refractivity contribution in [2.45, 2.75) is 19.1 Å². The van der Waals surface area contributed by atoms with Gasteiger partial charge in [0.05, 0.1) is 16.3 Å². The maximum absolute atomic E-state index is 10.8. The van der Waals surface area contributed by atoms with Gasteiger partial charge < -0.3 is 4.57 Å². The molecule has 1 atom stereocenters. The summed E-state index contributed by atoms with van der Waals surface area (Å²) in [6, 6.07) is 6.62. The Morgan fingerprint density at radius 2 is 2.32 bits per heavy atom.